The Hall–Kier alpha value is -11.7. The van der Waals surface area contributed by atoms with Gasteiger partial charge in [-0.3, -0.25) is 0 Å². The lowest BCUT2D eigenvalue weighted by Crippen LogP contribution is -2.31. The molecule has 0 aliphatic rings. The second-order valence-electron chi connectivity index (χ2n) is 25.3. The van der Waals surface area contributed by atoms with Crippen LogP contribution in [-0.4, -0.2) is 0 Å². The van der Waals surface area contributed by atoms with Gasteiger partial charge in [-0.1, -0.05) is 119 Å². The summed E-state index contributed by atoms with van der Waals surface area (Å²) in [4.78, 5) is 0. The van der Waals surface area contributed by atoms with Crippen LogP contribution in [0.15, 0.2) is 232 Å². The summed E-state index contributed by atoms with van der Waals surface area (Å²) in [5.74, 6) is 0.937. The molecule has 0 aliphatic heterocycles. The fourth-order valence-corrected chi connectivity index (χ4v) is 13.2. The first kappa shape index (κ1) is 61.2. The molecule has 0 aliphatic carbocycles. The van der Waals surface area contributed by atoms with Crippen molar-refractivity contribution < 1.29 is 27.0 Å². The third kappa shape index (κ3) is 11.2. The van der Waals surface area contributed by atoms with Crippen LogP contribution in [0.2, 0.25) is 0 Å². The summed E-state index contributed by atoms with van der Waals surface area (Å²) in [7, 11) is 6.22. The lowest BCUT2D eigenvalue weighted by Gasteiger charge is -2.09. The molecular weight excluding hydrogens is 1150 g/mol. The molecule has 94 heavy (non-hydrogen) atoms. The van der Waals surface area contributed by atoms with Gasteiger partial charge in [0.2, 0.25) is 17.1 Å². The predicted octanol–water partition coefficient (Wildman–Crippen LogP) is 20.3. The third-order valence-corrected chi connectivity index (χ3v) is 18.3. The molecule has 9 aromatic carbocycles. The Balaban J connectivity index is 0.000000128. The largest absolute Gasteiger partial charge is 0.455 e. The van der Waals surface area contributed by atoms with Crippen molar-refractivity contribution >= 4 is 65.8 Å². The Kier molecular flexibility index (Phi) is 16.4. The molecule has 6 heterocycles. The van der Waals surface area contributed by atoms with Gasteiger partial charge in [0.05, 0.1) is 51.6 Å². The maximum Gasteiger partial charge on any atom is 0.212 e. The normalized spacial score (nSPS) is 11.3. The summed E-state index contributed by atoms with van der Waals surface area (Å²) in [5, 5.41) is 34.9. The number of fused-ring (bicyclic) bond motifs is 9. The standard InChI is InChI=1S/2C29H25N2O.C27H21N2O/c1-18(2)22-11-13-26(31(4)17-22)24-15-27-25(14-19(24)3)28-21(16-30)10-12-23(29(28)32-27)20-8-6-5-7-9-20;1-18(2)21-12-13-31(4)26(15-21)24-16-27-25(14-19(24)3)28-22(17-30)10-11-23(29(28)32-27)20-8-6-5-7-9-20;1-17-9-12-24(29(3)16-17)22-14-25-23(13-18(22)2)26-20(15-28)10-11-21(27(26)30-25)19-7-5-4-6-8-19/h5-15,17-18H,1-4H3;5-16,18H,1-4H3;4-14,16H,1-3H3/q3*+1. The number of benzene rings is 9. The number of furan rings is 3. The number of hydrogen-bond donors (Lipinski definition) is 0. The minimum atomic E-state index is 0.455. The van der Waals surface area contributed by atoms with E-state index in [1.165, 1.54) is 16.7 Å². The van der Waals surface area contributed by atoms with Crippen molar-refractivity contribution in [1.82, 2.24) is 0 Å². The SMILES string of the molecule is Cc1cc2c(cc1-c1cc(C(C)C)cc[n+]1C)oc1c(-c3ccccc3)ccc(C#N)c12.Cc1cc2c(cc1-c1ccc(C(C)C)c[n+]1C)oc1c(-c3ccccc3)ccc(C#N)c12.Cc1ccc(-c2cc3oc4c(-c5ccccc5)ccc(C#N)c4c3cc2C)[n+](C)c1. The van der Waals surface area contributed by atoms with Gasteiger partial charge >= 0.3 is 0 Å². The zero-order valence-electron chi connectivity index (χ0n) is 54.8. The highest BCUT2D eigenvalue weighted by atomic mass is 16.3. The summed E-state index contributed by atoms with van der Waals surface area (Å²) in [6.45, 7) is 17.3. The van der Waals surface area contributed by atoms with Gasteiger partial charge in [0, 0.05) is 84.4 Å². The van der Waals surface area contributed by atoms with Crippen LogP contribution in [0.25, 0.3) is 133 Å². The predicted molar refractivity (Wildman–Crippen MR) is 379 cm³/mol. The molecular formula is C85H71N6O3+3. The molecule has 15 aromatic rings. The van der Waals surface area contributed by atoms with Gasteiger partial charge in [-0.05, 0) is 163 Å². The maximum atomic E-state index is 9.80. The minimum absolute atomic E-state index is 0.455. The van der Waals surface area contributed by atoms with Crippen molar-refractivity contribution in [2.24, 2.45) is 21.1 Å². The molecule has 0 amide bonds. The topological polar surface area (TPSA) is 122 Å². The van der Waals surface area contributed by atoms with E-state index < -0.39 is 0 Å². The first-order chi connectivity index (χ1) is 45.5. The van der Waals surface area contributed by atoms with Gasteiger partial charge in [0.15, 0.2) is 18.6 Å². The zero-order valence-corrected chi connectivity index (χ0v) is 54.8. The number of aromatic nitrogens is 3. The fraction of sp³-hybridized carbons (Fsp3) is 0.153. The molecule has 0 atom stereocenters. The van der Waals surface area contributed by atoms with Crippen molar-refractivity contribution in [2.45, 2.75) is 67.2 Å². The van der Waals surface area contributed by atoms with Gasteiger partial charge in [-0.25, -0.2) is 13.7 Å². The van der Waals surface area contributed by atoms with Crippen LogP contribution < -0.4 is 13.7 Å². The van der Waals surface area contributed by atoms with E-state index in [1.54, 1.807) is 0 Å². The van der Waals surface area contributed by atoms with Crippen LogP contribution in [0.5, 0.6) is 0 Å². The lowest BCUT2D eigenvalue weighted by molar-refractivity contribution is -0.661. The van der Waals surface area contributed by atoms with Crippen molar-refractivity contribution in [3.8, 4) is 85.4 Å². The van der Waals surface area contributed by atoms with Gasteiger partial charge in [-0.15, -0.1) is 0 Å². The number of hydrogen-bond acceptors (Lipinski definition) is 6. The molecule has 0 spiro atoms. The Morgan fingerprint density at radius 1 is 0.340 bits per heavy atom. The van der Waals surface area contributed by atoms with E-state index in [0.717, 1.165) is 150 Å². The molecule has 456 valence electrons. The van der Waals surface area contributed by atoms with Crippen molar-refractivity contribution in [3.63, 3.8) is 0 Å². The second kappa shape index (κ2) is 25.2. The molecule has 9 nitrogen and oxygen atoms in total. The van der Waals surface area contributed by atoms with E-state index in [9.17, 15) is 15.8 Å². The van der Waals surface area contributed by atoms with E-state index in [0.29, 0.717) is 28.5 Å². The van der Waals surface area contributed by atoms with E-state index in [1.807, 2.05) is 91.0 Å². The van der Waals surface area contributed by atoms with Crippen LogP contribution >= 0.6 is 0 Å². The molecule has 15 rings (SSSR count). The summed E-state index contributed by atoms with van der Waals surface area (Å²) in [6.07, 6.45) is 6.44. The van der Waals surface area contributed by atoms with Crippen LogP contribution in [0.3, 0.4) is 0 Å². The van der Waals surface area contributed by atoms with Crippen LogP contribution in [0, 0.1) is 61.7 Å². The van der Waals surface area contributed by atoms with Crippen molar-refractivity contribution in [1.29, 1.82) is 15.8 Å². The highest BCUT2D eigenvalue weighted by molar-refractivity contribution is 6.15. The average Bonchev–Trinajstić information content (AvgIpc) is 1.60. The lowest BCUT2D eigenvalue weighted by atomic mass is 9.95. The van der Waals surface area contributed by atoms with Crippen molar-refractivity contribution in [2.75, 3.05) is 0 Å². The molecule has 0 saturated heterocycles. The van der Waals surface area contributed by atoms with E-state index in [4.69, 9.17) is 13.3 Å². The second-order valence-corrected chi connectivity index (χ2v) is 25.3. The smallest absolute Gasteiger partial charge is 0.212 e. The van der Waals surface area contributed by atoms with Gasteiger partial charge in [-0.2, -0.15) is 15.8 Å². The number of nitriles is 3. The van der Waals surface area contributed by atoms with E-state index >= 15 is 0 Å². The Labute approximate surface area is 548 Å². The third-order valence-electron chi connectivity index (χ3n) is 18.3. The number of pyridine rings is 3. The Morgan fingerprint density at radius 2 is 0.702 bits per heavy atom. The maximum absolute atomic E-state index is 9.80. The molecule has 0 fully saturated rings. The highest BCUT2D eigenvalue weighted by Crippen LogP contribution is 2.44. The number of rotatable bonds is 8. The fourth-order valence-electron chi connectivity index (χ4n) is 13.2. The monoisotopic (exact) mass is 1220 g/mol. The van der Waals surface area contributed by atoms with E-state index in [2.05, 4.69) is 236 Å². The first-order valence-corrected chi connectivity index (χ1v) is 31.8. The van der Waals surface area contributed by atoms with E-state index in [-0.39, 0.29) is 0 Å². The molecule has 0 bridgehead atoms. The van der Waals surface area contributed by atoms with Crippen LogP contribution in [0.1, 0.15) is 89.6 Å². The molecule has 0 N–H and O–H groups in total. The summed E-state index contributed by atoms with van der Waals surface area (Å²) < 4.78 is 25.8. The molecule has 0 radical (unpaired) electrons. The minimum Gasteiger partial charge on any atom is -0.455 e. The molecule has 6 aromatic heterocycles. The summed E-state index contributed by atoms with van der Waals surface area (Å²) >= 11 is 0. The zero-order chi connectivity index (χ0) is 65.6. The summed E-state index contributed by atoms with van der Waals surface area (Å²) in [5.41, 5.74) is 27.0. The van der Waals surface area contributed by atoms with Gasteiger partial charge in [0.25, 0.3) is 0 Å². The number of nitrogens with zero attached hydrogens (tertiary/aromatic N) is 6. The summed E-state index contributed by atoms with van der Waals surface area (Å²) in [6, 6.07) is 75.1. The molecule has 0 saturated carbocycles. The van der Waals surface area contributed by atoms with Crippen LogP contribution in [0.4, 0.5) is 0 Å². The Bertz CT molecular complexity index is 5610. The molecule has 9 heteroatoms. The molecule has 0 unspecified atom stereocenters. The quantitative estimate of drug-likeness (QED) is 0.140. The highest BCUT2D eigenvalue weighted by Gasteiger charge is 2.25. The Morgan fingerprint density at radius 3 is 1.05 bits per heavy atom. The number of aryl methyl sites for hydroxylation is 7. The average molecular weight is 1220 g/mol. The van der Waals surface area contributed by atoms with Gasteiger partial charge in [0.1, 0.15) is 54.6 Å². The van der Waals surface area contributed by atoms with Crippen LogP contribution in [-0.2, 0) is 21.1 Å². The van der Waals surface area contributed by atoms with Crippen molar-refractivity contribution in [3.05, 3.63) is 269 Å². The first-order valence-electron chi connectivity index (χ1n) is 31.8. The van der Waals surface area contributed by atoms with Gasteiger partial charge < -0.3 is 13.3 Å².